The summed E-state index contributed by atoms with van der Waals surface area (Å²) in [7, 11) is 4.56. The largest absolute Gasteiger partial charge is 0.493 e. The third-order valence-electron chi connectivity index (χ3n) is 6.91. The predicted molar refractivity (Wildman–Crippen MR) is 123 cm³/mol. The molecular formula is C24H33N3O7. The van der Waals surface area contributed by atoms with Crippen molar-refractivity contribution in [1.29, 1.82) is 0 Å². The molecule has 3 fully saturated rings. The lowest BCUT2D eigenvalue weighted by molar-refractivity contribution is -0.144. The van der Waals surface area contributed by atoms with E-state index in [1.54, 1.807) is 21.9 Å². The number of morpholine rings is 1. The normalized spacial score (nSPS) is 21.6. The Labute approximate surface area is 199 Å². The number of methoxy groups -OCH3 is 3. The summed E-state index contributed by atoms with van der Waals surface area (Å²) in [4.78, 5) is 44.1. The zero-order valence-corrected chi connectivity index (χ0v) is 20.1. The number of hydrogen-bond acceptors (Lipinski definition) is 7. The van der Waals surface area contributed by atoms with E-state index in [0.717, 1.165) is 0 Å². The molecular weight excluding hydrogens is 442 g/mol. The van der Waals surface area contributed by atoms with Crippen molar-refractivity contribution < 1.29 is 33.3 Å². The maximum atomic E-state index is 13.2. The molecule has 186 valence electrons. The van der Waals surface area contributed by atoms with E-state index in [4.69, 9.17) is 18.9 Å². The van der Waals surface area contributed by atoms with Gasteiger partial charge >= 0.3 is 0 Å². The molecule has 3 saturated heterocycles. The number of anilines is 1. The number of amides is 3. The van der Waals surface area contributed by atoms with E-state index in [0.29, 0.717) is 81.7 Å². The van der Waals surface area contributed by atoms with Gasteiger partial charge in [-0.05, 0) is 12.8 Å². The van der Waals surface area contributed by atoms with Crippen molar-refractivity contribution in [2.24, 2.45) is 11.8 Å². The Bertz CT molecular complexity index is 898. The first-order valence-corrected chi connectivity index (χ1v) is 11.7. The van der Waals surface area contributed by atoms with Crippen LogP contribution in [-0.4, -0.2) is 94.8 Å². The molecule has 0 aliphatic carbocycles. The average Bonchev–Trinajstić information content (AvgIpc) is 3.28. The monoisotopic (exact) mass is 475 g/mol. The molecule has 0 radical (unpaired) electrons. The Morgan fingerprint density at radius 3 is 1.97 bits per heavy atom. The van der Waals surface area contributed by atoms with Crippen LogP contribution in [0.1, 0.15) is 19.3 Å². The van der Waals surface area contributed by atoms with Crippen LogP contribution in [0.25, 0.3) is 0 Å². The van der Waals surface area contributed by atoms with Gasteiger partial charge in [0.05, 0.1) is 46.1 Å². The number of benzene rings is 1. The molecule has 3 aliphatic heterocycles. The number of likely N-dealkylation sites (tertiary alicyclic amines) is 1. The summed E-state index contributed by atoms with van der Waals surface area (Å²) in [5.74, 6) is 0.896. The Hall–Kier alpha value is -3.01. The van der Waals surface area contributed by atoms with Crippen molar-refractivity contribution in [3.05, 3.63) is 12.1 Å². The lowest BCUT2D eigenvalue weighted by Gasteiger charge is -2.36. The summed E-state index contributed by atoms with van der Waals surface area (Å²) >= 11 is 0. The molecule has 1 aromatic rings. The van der Waals surface area contributed by atoms with E-state index in [2.05, 4.69) is 0 Å². The highest BCUT2D eigenvalue weighted by molar-refractivity contribution is 6.00. The number of carbonyl (C=O) groups is 3. The van der Waals surface area contributed by atoms with Gasteiger partial charge in [-0.1, -0.05) is 0 Å². The van der Waals surface area contributed by atoms with E-state index in [-0.39, 0.29) is 30.1 Å². The van der Waals surface area contributed by atoms with E-state index >= 15 is 0 Å². The first-order chi connectivity index (χ1) is 16.5. The zero-order valence-electron chi connectivity index (χ0n) is 20.1. The van der Waals surface area contributed by atoms with Crippen LogP contribution in [-0.2, 0) is 19.1 Å². The van der Waals surface area contributed by atoms with E-state index in [1.807, 2.05) is 4.90 Å². The molecule has 1 unspecified atom stereocenters. The van der Waals surface area contributed by atoms with Gasteiger partial charge in [-0.25, -0.2) is 0 Å². The van der Waals surface area contributed by atoms with Crippen molar-refractivity contribution in [3.63, 3.8) is 0 Å². The molecule has 0 spiro atoms. The maximum absolute atomic E-state index is 13.2. The third-order valence-corrected chi connectivity index (χ3v) is 6.91. The van der Waals surface area contributed by atoms with E-state index in [1.165, 1.54) is 21.3 Å². The summed E-state index contributed by atoms with van der Waals surface area (Å²) in [5, 5.41) is 0. The molecule has 1 aromatic carbocycles. The molecule has 10 nitrogen and oxygen atoms in total. The van der Waals surface area contributed by atoms with Gasteiger partial charge < -0.3 is 33.6 Å². The lowest BCUT2D eigenvalue weighted by atomic mass is 9.94. The highest BCUT2D eigenvalue weighted by Crippen LogP contribution is 2.42. The molecule has 3 heterocycles. The van der Waals surface area contributed by atoms with E-state index in [9.17, 15) is 14.4 Å². The summed E-state index contributed by atoms with van der Waals surface area (Å²) in [6.45, 7) is 3.81. The fourth-order valence-electron chi connectivity index (χ4n) is 4.99. The van der Waals surface area contributed by atoms with Crippen LogP contribution in [0.2, 0.25) is 0 Å². The average molecular weight is 476 g/mol. The lowest BCUT2D eigenvalue weighted by Crippen LogP contribution is -2.48. The van der Waals surface area contributed by atoms with Gasteiger partial charge in [0.2, 0.25) is 23.5 Å². The standard InChI is InChI=1S/C24H33N3O7/c1-31-19-13-18(14-20(32-2)22(19)33-3)27-15-17(12-21(27)28)24(30)25-6-4-16(5-7-25)23(29)26-8-10-34-11-9-26/h13-14,16-17H,4-12,15H2,1-3H3. The molecule has 0 bridgehead atoms. The molecule has 0 aromatic heterocycles. The number of rotatable bonds is 6. The first kappa shape index (κ1) is 24.1. The molecule has 1 atom stereocenters. The SMILES string of the molecule is COc1cc(N2CC(C(=O)N3CCC(C(=O)N4CCOCC4)CC3)CC2=O)cc(OC)c1OC. The molecule has 4 rings (SSSR count). The minimum Gasteiger partial charge on any atom is -0.493 e. The predicted octanol–water partition coefficient (Wildman–Crippen LogP) is 1.16. The first-order valence-electron chi connectivity index (χ1n) is 11.7. The smallest absolute Gasteiger partial charge is 0.228 e. The topological polar surface area (TPSA) is 97.9 Å². The highest BCUT2D eigenvalue weighted by Gasteiger charge is 2.39. The number of carbonyl (C=O) groups excluding carboxylic acids is 3. The van der Waals surface area contributed by atoms with Gasteiger partial charge in [-0.2, -0.15) is 0 Å². The van der Waals surface area contributed by atoms with Gasteiger partial charge in [-0.15, -0.1) is 0 Å². The molecule has 10 heteroatoms. The van der Waals surface area contributed by atoms with E-state index < -0.39 is 5.92 Å². The van der Waals surface area contributed by atoms with Crippen LogP contribution in [0, 0.1) is 11.8 Å². The second-order valence-corrected chi connectivity index (χ2v) is 8.83. The molecule has 3 aliphatic rings. The maximum Gasteiger partial charge on any atom is 0.228 e. The highest BCUT2D eigenvalue weighted by atomic mass is 16.5. The Balaban J connectivity index is 1.38. The number of ether oxygens (including phenoxy) is 4. The van der Waals surface area contributed by atoms with Crippen LogP contribution < -0.4 is 19.1 Å². The summed E-state index contributed by atoms with van der Waals surface area (Å²) in [6, 6.07) is 3.43. The Kier molecular flexibility index (Phi) is 7.45. The number of hydrogen-bond donors (Lipinski definition) is 0. The zero-order chi connectivity index (χ0) is 24.2. The quantitative estimate of drug-likeness (QED) is 0.609. The van der Waals surface area contributed by atoms with Crippen molar-refractivity contribution in [2.45, 2.75) is 19.3 Å². The second kappa shape index (κ2) is 10.5. The van der Waals surface area contributed by atoms with Crippen LogP contribution in [0.15, 0.2) is 12.1 Å². The molecule has 0 saturated carbocycles. The van der Waals surface area contributed by atoms with Gasteiger partial charge in [0, 0.05) is 57.2 Å². The molecule has 3 amide bonds. The van der Waals surface area contributed by atoms with Crippen molar-refractivity contribution in [1.82, 2.24) is 9.80 Å². The Morgan fingerprint density at radius 2 is 1.41 bits per heavy atom. The van der Waals surface area contributed by atoms with Gasteiger partial charge in [0.25, 0.3) is 0 Å². The fourth-order valence-corrected chi connectivity index (χ4v) is 4.99. The van der Waals surface area contributed by atoms with Gasteiger partial charge in [0.1, 0.15) is 0 Å². The molecule has 34 heavy (non-hydrogen) atoms. The van der Waals surface area contributed by atoms with Gasteiger partial charge in [-0.3, -0.25) is 14.4 Å². The van der Waals surface area contributed by atoms with Crippen LogP contribution in [0.3, 0.4) is 0 Å². The summed E-state index contributed by atoms with van der Waals surface area (Å²) < 4.78 is 21.5. The third kappa shape index (κ3) is 4.77. The second-order valence-electron chi connectivity index (χ2n) is 8.83. The summed E-state index contributed by atoms with van der Waals surface area (Å²) in [5.41, 5.74) is 0.601. The van der Waals surface area contributed by atoms with Crippen molar-refractivity contribution in [3.8, 4) is 17.2 Å². The van der Waals surface area contributed by atoms with Crippen LogP contribution in [0.4, 0.5) is 5.69 Å². The van der Waals surface area contributed by atoms with Crippen molar-refractivity contribution >= 4 is 23.4 Å². The number of piperidine rings is 1. The van der Waals surface area contributed by atoms with Crippen LogP contribution in [0.5, 0.6) is 17.2 Å². The summed E-state index contributed by atoms with van der Waals surface area (Å²) in [6.07, 6.45) is 1.46. The molecule has 0 N–H and O–H groups in total. The number of nitrogens with zero attached hydrogens (tertiary/aromatic N) is 3. The Morgan fingerprint density at radius 1 is 0.853 bits per heavy atom. The van der Waals surface area contributed by atoms with Gasteiger partial charge in [0.15, 0.2) is 11.5 Å². The fraction of sp³-hybridized carbons (Fsp3) is 0.625. The minimum absolute atomic E-state index is 0.0273. The minimum atomic E-state index is -0.418. The van der Waals surface area contributed by atoms with Crippen LogP contribution >= 0.6 is 0 Å². The van der Waals surface area contributed by atoms with Crippen molar-refractivity contribution in [2.75, 3.05) is 72.2 Å².